The Labute approximate surface area is 129 Å². The molecule has 1 heterocycles. The predicted molar refractivity (Wildman–Crippen MR) is 81.7 cm³/mol. The molecule has 1 aromatic carbocycles. The van der Waals surface area contributed by atoms with Crippen molar-refractivity contribution in [3.8, 4) is 0 Å². The topological polar surface area (TPSA) is 61.8 Å². The Morgan fingerprint density at radius 1 is 1.48 bits per heavy atom. The number of benzene rings is 1. The third-order valence-corrected chi connectivity index (χ3v) is 3.62. The molecule has 6 heteroatoms. The number of nitrogens with one attached hydrogen (secondary N) is 1. The van der Waals surface area contributed by atoms with Gasteiger partial charge in [-0.3, -0.25) is 9.69 Å². The van der Waals surface area contributed by atoms with Crippen LogP contribution in [0.3, 0.4) is 0 Å². The van der Waals surface area contributed by atoms with Gasteiger partial charge in [0.15, 0.2) is 0 Å². The zero-order valence-corrected chi connectivity index (χ0v) is 12.9. The Balaban J connectivity index is 1.84. The molecule has 2 rings (SSSR count). The molecule has 1 aliphatic heterocycles. The number of β-amino-alcohol motifs (C(OH)–C–C–N with tert-alkyl or cyclic N) is 1. The smallest absolute Gasteiger partial charge is 0.251 e. The third kappa shape index (κ3) is 5.28. The van der Waals surface area contributed by atoms with Gasteiger partial charge in [0.2, 0.25) is 0 Å². The Morgan fingerprint density at radius 3 is 2.86 bits per heavy atom. The molecule has 1 amide bonds. The van der Waals surface area contributed by atoms with Gasteiger partial charge in [-0.15, -0.1) is 0 Å². The highest BCUT2D eigenvalue weighted by atomic mass is 35.5. The van der Waals surface area contributed by atoms with E-state index in [9.17, 15) is 9.90 Å². The summed E-state index contributed by atoms with van der Waals surface area (Å²) in [4.78, 5) is 14.2. The number of carbonyl (C=O) groups excluding carboxylic acids is 1. The van der Waals surface area contributed by atoms with Crippen LogP contribution in [0.1, 0.15) is 17.3 Å². The predicted octanol–water partition coefficient (Wildman–Crippen LogP) is 1.15. The van der Waals surface area contributed by atoms with E-state index in [2.05, 4.69) is 10.2 Å². The summed E-state index contributed by atoms with van der Waals surface area (Å²) in [6, 6.07) is 6.74. The number of hydrogen-bond acceptors (Lipinski definition) is 4. The van der Waals surface area contributed by atoms with Crippen molar-refractivity contribution in [2.24, 2.45) is 0 Å². The molecule has 1 atom stereocenters. The van der Waals surface area contributed by atoms with E-state index in [1.54, 1.807) is 31.2 Å². The number of ether oxygens (including phenoxy) is 1. The summed E-state index contributed by atoms with van der Waals surface area (Å²) in [6.45, 7) is 5.40. The standard InChI is InChI=1S/C15H21ClN2O3/c1-15(20,11-18-5-7-21-8-6-18)10-17-14(19)12-3-2-4-13(16)9-12/h2-4,9,20H,5-8,10-11H2,1H3,(H,17,19). The number of aliphatic hydroxyl groups is 1. The quantitative estimate of drug-likeness (QED) is 0.856. The Kier molecular flexibility index (Phi) is 5.58. The summed E-state index contributed by atoms with van der Waals surface area (Å²) in [5, 5.41) is 13.7. The molecule has 2 N–H and O–H groups in total. The van der Waals surface area contributed by atoms with E-state index in [1.165, 1.54) is 0 Å². The van der Waals surface area contributed by atoms with Gasteiger partial charge < -0.3 is 15.2 Å². The second-order valence-electron chi connectivity index (χ2n) is 5.58. The monoisotopic (exact) mass is 312 g/mol. The Hall–Kier alpha value is -1.14. The maximum atomic E-state index is 12.0. The van der Waals surface area contributed by atoms with Crippen LogP contribution in [-0.2, 0) is 4.74 Å². The summed E-state index contributed by atoms with van der Waals surface area (Å²) in [5.74, 6) is -0.236. The number of hydrogen-bond donors (Lipinski definition) is 2. The van der Waals surface area contributed by atoms with E-state index in [-0.39, 0.29) is 12.5 Å². The highest BCUT2D eigenvalue weighted by Gasteiger charge is 2.26. The maximum absolute atomic E-state index is 12.0. The van der Waals surface area contributed by atoms with Crippen LogP contribution in [0.4, 0.5) is 0 Å². The molecule has 1 saturated heterocycles. The molecule has 0 bridgehead atoms. The first kappa shape index (κ1) is 16.2. The largest absolute Gasteiger partial charge is 0.387 e. The van der Waals surface area contributed by atoms with Gasteiger partial charge in [0, 0.05) is 36.8 Å². The van der Waals surface area contributed by atoms with Crippen LogP contribution in [0.2, 0.25) is 5.02 Å². The highest BCUT2D eigenvalue weighted by molar-refractivity contribution is 6.30. The summed E-state index contributed by atoms with van der Waals surface area (Å²) in [7, 11) is 0. The summed E-state index contributed by atoms with van der Waals surface area (Å²) >= 11 is 5.86. The lowest BCUT2D eigenvalue weighted by Gasteiger charge is -2.33. The van der Waals surface area contributed by atoms with Crippen LogP contribution in [0.15, 0.2) is 24.3 Å². The molecule has 5 nitrogen and oxygen atoms in total. The fraction of sp³-hybridized carbons (Fsp3) is 0.533. The normalized spacial score (nSPS) is 19.0. The first-order valence-corrected chi connectivity index (χ1v) is 7.40. The fourth-order valence-corrected chi connectivity index (χ4v) is 2.49. The van der Waals surface area contributed by atoms with Crippen LogP contribution >= 0.6 is 11.6 Å². The molecule has 1 fully saturated rings. The Bertz CT molecular complexity index is 488. The molecule has 116 valence electrons. The zero-order chi connectivity index (χ0) is 15.3. The van der Waals surface area contributed by atoms with Gasteiger partial charge >= 0.3 is 0 Å². The van der Waals surface area contributed by atoms with Crippen LogP contribution in [-0.4, -0.2) is 60.9 Å². The van der Waals surface area contributed by atoms with E-state index in [4.69, 9.17) is 16.3 Å². The van der Waals surface area contributed by atoms with Gasteiger partial charge in [0.05, 0.1) is 18.8 Å². The SMILES string of the molecule is CC(O)(CNC(=O)c1cccc(Cl)c1)CN1CCOCC1. The molecular formula is C15H21ClN2O3. The van der Waals surface area contributed by atoms with Crippen LogP contribution in [0.25, 0.3) is 0 Å². The molecule has 1 aliphatic rings. The lowest BCUT2D eigenvalue weighted by Crippen LogP contribution is -2.51. The summed E-state index contributed by atoms with van der Waals surface area (Å²) in [5.41, 5.74) is -0.490. The van der Waals surface area contributed by atoms with Gasteiger partial charge in [-0.25, -0.2) is 0 Å². The average molecular weight is 313 g/mol. The molecule has 0 saturated carbocycles. The lowest BCUT2D eigenvalue weighted by atomic mass is 10.1. The van der Waals surface area contributed by atoms with Crippen LogP contribution in [0.5, 0.6) is 0 Å². The second-order valence-corrected chi connectivity index (χ2v) is 6.01. The molecular weight excluding hydrogens is 292 g/mol. The number of nitrogens with zero attached hydrogens (tertiary/aromatic N) is 1. The molecule has 0 aliphatic carbocycles. The van der Waals surface area contributed by atoms with Gasteiger partial charge in [0.1, 0.15) is 0 Å². The second kappa shape index (κ2) is 7.22. The fourth-order valence-electron chi connectivity index (χ4n) is 2.30. The third-order valence-electron chi connectivity index (χ3n) is 3.38. The number of morpholine rings is 1. The van der Waals surface area contributed by atoms with E-state index in [0.29, 0.717) is 30.3 Å². The molecule has 1 aromatic rings. The van der Waals surface area contributed by atoms with Gasteiger partial charge in [-0.2, -0.15) is 0 Å². The van der Waals surface area contributed by atoms with Crippen molar-refractivity contribution in [1.82, 2.24) is 10.2 Å². The minimum atomic E-state index is -0.981. The molecule has 0 spiro atoms. The van der Waals surface area contributed by atoms with E-state index in [0.717, 1.165) is 13.1 Å². The van der Waals surface area contributed by atoms with Crippen molar-refractivity contribution in [2.75, 3.05) is 39.4 Å². The number of carbonyl (C=O) groups is 1. The van der Waals surface area contributed by atoms with Crippen molar-refractivity contribution >= 4 is 17.5 Å². The average Bonchev–Trinajstić information content (AvgIpc) is 2.45. The molecule has 0 aromatic heterocycles. The lowest BCUT2D eigenvalue weighted by molar-refractivity contribution is -0.0213. The van der Waals surface area contributed by atoms with Crippen molar-refractivity contribution in [3.63, 3.8) is 0 Å². The minimum absolute atomic E-state index is 0.190. The van der Waals surface area contributed by atoms with Gasteiger partial charge in [-0.05, 0) is 25.1 Å². The van der Waals surface area contributed by atoms with Crippen LogP contribution < -0.4 is 5.32 Å². The van der Waals surface area contributed by atoms with Crippen molar-refractivity contribution in [1.29, 1.82) is 0 Å². The first-order valence-electron chi connectivity index (χ1n) is 7.02. The number of amides is 1. The van der Waals surface area contributed by atoms with E-state index >= 15 is 0 Å². The summed E-state index contributed by atoms with van der Waals surface area (Å²) in [6.07, 6.45) is 0. The summed E-state index contributed by atoms with van der Waals surface area (Å²) < 4.78 is 5.28. The van der Waals surface area contributed by atoms with Gasteiger partial charge in [0.25, 0.3) is 5.91 Å². The van der Waals surface area contributed by atoms with E-state index < -0.39 is 5.60 Å². The number of rotatable bonds is 5. The first-order chi connectivity index (χ1) is 9.96. The Morgan fingerprint density at radius 2 is 2.19 bits per heavy atom. The van der Waals surface area contributed by atoms with E-state index in [1.807, 2.05) is 0 Å². The highest BCUT2D eigenvalue weighted by Crippen LogP contribution is 2.11. The van der Waals surface area contributed by atoms with Crippen LogP contribution in [0, 0.1) is 0 Å². The molecule has 0 radical (unpaired) electrons. The van der Waals surface area contributed by atoms with Crippen molar-refractivity contribution in [2.45, 2.75) is 12.5 Å². The molecule has 1 unspecified atom stereocenters. The number of halogens is 1. The zero-order valence-electron chi connectivity index (χ0n) is 12.1. The minimum Gasteiger partial charge on any atom is -0.387 e. The maximum Gasteiger partial charge on any atom is 0.251 e. The van der Waals surface area contributed by atoms with Gasteiger partial charge in [-0.1, -0.05) is 17.7 Å². The van der Waals surface area contributed by atoms with Crippen molar-refractivity contribution < 1.29 is 14.6 Å². The van der Waals surface area contributed by atoms with Crippen molar-refractivity contribution in [3.05, 3.63) is 34.9 Å². The molecule has 21 heavy (non-hydrogen) atoms.